The van der Waals surface area contributed by atoms with Crippen LogP contribution in [0.1, 0.15) is 75.9 Å². The van der Waals surface area contributed by atoms with Crippen molar-refractivity contribution in [1.82, 2.24) is 10.1 Å². The SMILES string of the molecule is CCCC1CCC(c2noc(CCCC(=O)O)n2)CC1. The predicted octanol–water partition coefficient (Wildman–Crippen LogP) is 3.55. The first kappa shape index (κ1) is 15.0. The van der Waals surface area contributed by atoms with E-state index < -0.39 is 5.97 Å². The van der Waals surface area contributed by atoms with Crippen LogP contribution in [0.5, 0.6) is 0 Å². The van der Waals surface area contributed by atoms with E-state index in [1.165, 1.54) is 25.7 Å². The quantitative estimate of drug-likeness (QED) is 0.826. The lowest BCUT2D eigenvalue weighted by atomic mass is 9.80. The summed E-state index contributed by atoms with van der Waals surface area (Å²) < 4.78 is 5.22. The van der Waals surface area contributed by atoms with E-state index in [4.69, 9.17) is 9.63 Å². The Morgan fingerprint density at radius 1 is 1.35 bits per heavy atom. The number of carbonyl (C=O) groups is 1. The van der Waals surface area contributed by atoms with Gasteiger partial charge in [-0.2, -0.15) is 4.98 Å². The Balaban J connectivity index is 1.79. The van der Waals surface area contributed by atoms with Crippen LogP contribution >= 0.6 is 0 Å². The van der Waals surface area contributed by atoms with Crippen LogP contribution in [0, 0.1) is 5.92 Å². The Labute approximate surface area is 119 Å². The van der Waals surface area contributed by atoms with Gasteiger partial charge in [-0.05, 0) is 38.0 Å². The monoisotopic (exact) mass is 280 g/mol. The molecule has 112 valence electrons. The Hall–Kier alpha value is -1.39. The van der Waals surface area contributed by atoms with Crippen LogP contribution in [0.4, 0.5) is 0 Å². The molecule has 1 aromatic rings. The number of hydrogen-bond acceptors (Lipinski definition) is 4. The summed E-state index contributed by atoms with van der Waals surface area (Å²) in [4.78, 5) is 14.9. The first-order valence-electron chi connectivity index (χ1n) is 7.73. The van der Waals surface area contributed by atoms with Crippen molar-refractivity contribution < 1.29 is 14.4 Å². The number of aliphatic carboxylic acids is 1. The second kappa shape index (κ2) is 7.41. The van der Waals surface area contributed by atoms with E-state index in [1.54, 1.807) is 0 Å². The first-order valence-corrected chi connectivity index (χ1v) is 7.73. The van der Waals surface area contributed by atoms with E-state index in [0.29, 0.717) is 24.7 Å². The zero-order valence-corrected chi connectivity index (χ0v) is 12.2. The molecule has 1 aliphatic carbocycles. The summed E-state index contributed by atoms with van der Waals surface area (Å²) in [6.45, 7) is 2.24. The molecular weight excluding hydrogens is 256 g/mol. The van der Waals surface area contributed by atoms with Crippen LogP contribution in [0.15, 0.2) is 4.52 Å². The van der Waals surface area contributed by atoms with Crippen LogP contribution < -0.4 is 0 Å². The van der Waals surface area contributed by atoms with Crippen molar-refractivity contribution in [2.45, 2.75) is 70.6 Å². The van der Waals surface area contributed by atoms with Crippen LogP contribution in [-0.4, -0.2) is 21.2 Å². The van der Waals surface area contributed by atoms with Gasteiger partial charge >= 0.3 is 5.97 Å². The molecule has 0 aromatic carbocycles. The first-order chi connectivity index (χ1) is 9.69. The van der Waals surface area contributed by atoms with Crippen LogP contribution in [0.2, 0.25) is 0 Å². The smallest absolute Gasteiger partial charge is 0.303 e. The predicted molar refractivity (Wildman–Crippen MR) is 74.5 cm³/mol. The molecule has 2 rings (SSSR count). The van der Waals surface area contributed by atoms with E-state index in [2.05, 4.69) is 17.1 Å². The van der Waals surface area contributed by atoms with Gasteiger partial charge in [0.25, 0.3) is 0 Å². The third-order valence-corrected chi connectivity index (χ3v) is 4.17. The molecule has 0 amide bonds. The highest BCUT2D eigenvalue weighted by atomic mass is 16.5. The van der Waals surface area contributed by atoms with Gasteiger partial charge in [0.05, 0.1) is 0 Å². The highest BCUT2D eigenvalue weighted by molar-refractivity contribution is 5.66. The van der Waals surface area contributed by atoms with Crippen LogP contribution in [-0.2, 0) is 11.2 Å². The molecule has 0 atom stereocenters. The summed E-state index contributed by atoms with van der Waals surface area (Å²) in [6.07, 6.45) is 8.70. The molecule has 5 nitrogen and oxygen atoms in total. The Kier molecular flexibility index (Phi) is 5.56. The molecule has 5 heteroatoms. The fraction of sp³-hybridized carbons (Fsp3) is 0.800. The lowest BCUT2D eigenvalue weighted by Crippen LogP contribution is -2.14. The molecule has 20 heavy (non-hydrogen) atoms. The molecule has 1 aliphatic rings. The fourth-order valence-corrected chi connectivity index (χ4v) is 3.04. The number of aryl methyl sites for hydroxylation is 1. The molecule has 0 bridgehead atoms. The summed E-state index contributed by atoms with van der Waals surface area (Å²) in [6, 6.07) is 0. The van der Waals surface area contributed by atoms with Crippen molar-refractivity contribution in [2.75, 3.05) is 0 Å². The highest BCUT2D eigenvalue weighted by Crippen LogP contribution is 2.36. The highest BCUT2D eigenvalue weighted by Gasteiger charge is 2.25. The van der Waals surface area contributed by atoms with Gasteiger partial charge in [0.1, 0.15) is 0 Å². The van der Waals surface area contributed by atoms with Crippen LogP contribution in [0.25, 0.3) is 0 Å². The minimum Gasteiger partial charge on any atom is -0.481 e. The maximum absolute atomic E-state index is 10.5. The Morgan fingerprint density at radius 2 is 2.10 bits per heavy atom. The van der Waals surface area contributed by atoms with Crippen molar-refractivity contribution in [1.29, 1.82) is 0 Å². The standard InChI is InChI=1S/C15H24N2O3/c1-2-4-11-7-9-12(10-8-11)15-16-13(20-17-15)5-3-6-14(18)19/h11-12H,2-10H2,1H3,(H,18,19). The van der Waals surface area contributed by atoms with Crippen molar-refractivity contribution in [3.8, 4) is 0 Å². The Bertz CT molecular complexity index is 423. The van der Waals surface area contributed by atoms with Crippen LogP contribution in [0.3, 0.4) is 0 Å². The van der Waals surface area contributed by atoms with E-state index in [-0.39, 0.29) is 6.42 Å². The van der Waals surface area contributed by atoms with E-state index >= 15 is 0 Å². The molecule has 0 aliphatic heterocycles. The second-order valence-corrected chi connectivity index (χ2v) is 5.80. The molecule has 0 radical (unpaired) electrons. The minimum absolute atomic E-state index is 0.153. The Morgan fingerprint density at radius 3 is 2.75 bits per heavy atom. The number of carboxylic acids is 1. The lowest BCUT2D eigenvalue weighted by Gasteiger charge is -2.26. The normalized spacial score (nSPS) is 22.9. The summed E-state index contributed by atoms with van der Waals surface area (Å²) in [5.41, 5.74) is 0. The van der Waals surface area contributed by atoms with Gasteiger partial charge in [-0.3, -0.25) is 4.79 Å². The number of rotatable bonds is 7. The maximum atomic E-state index is 10.5. The van der Waals surface area contributed by atoms with E-state index in [9.17, 15) is 4.79 Å². The van der Waals surface area contributed by atoms with Gasteiger partial charge in [0.15, 0.2) is 5.82 Å². The van der Waals surface area contributed by atoms with Crippen molar-refractivity contribution in [3.05, 3.63) is 11.7 Å². The summed E-state index contributed by atoms with van der Waals surface area (Å²) in [5, 5.41) is 12.7. The molecular formula is C15H24N2O3. The molecule has 1 heterocycles. The van der Waals surface area contributed by atoms with Crippen molar-refractivity contribution >= 4 is 5.97 Å². The summed E-state index contributed by atoms with van der Waals surface area (Å²) in [7, 11) is 0. The third kappa shape index (κ3) is 4.32. The summed E-state index contributed by atoms with van der Waals surface area (Å²) in [5.74, 6) is 1.93. The zero-order chi connectivity index (χ0) is 14.4. The molecule has 1 saturated carbocycles. The molecule has 1 fully saturated rings. The second-order valence-electron chi connectivity index (χ2n) is 5.80. The average Bonchev–Trinajstić information content (AvgIpc) is 2.88. The summed E-state index contributed by atoms with van der Waals surface area (Å²) >= 11 is 0. The molecule has 0 saturated heterocycles. The largest absolute Gasteiger partial charge is 0.481 e. The maximum Gasteiger partial charge on any atom is 0.303 e. The molecule has 1 aromatic heterocycles. The van der Waals surface area contributed by atoms with Gasteiger partial charge in [0.2, 0.25) is 5.89 Å². The van der Waals surface area contributed by atoms with Gasteiger partial charge in [-0.1, -0.05) is 24.9 Å². The minimum atomic E-state index is -0.779. The van der Waals surface area contributed by atoms with E-state index in [0.717, 1.165) is 24.6 Å². The van der Waals surface area contributed by atoms with Gasteiger partial charge in [0, 0.05) is 18.8 Å². The topological polar surface area (TPSA) is 76.2 Å². The van der Waals surface area contributed by atoms with Gasteiger partial charge in [-0.25, -0.2) is 0 Å². The van der Waals surface area contributed by atoms with E-state index in [1.807, 2.05) is 0 Å². The van der Waals surface area contributed by atoms with Crippen molar-refractivity contribution in [2.24, 2.45) is 5.92 Å². The van der Waals surface area contributed by atoms with Gasteiger partial charge in [-0.15, -0.1) is 0 Å². The molecule has 1 N–H and O–H groups in total. The molecule has 0 unspecified atom stereocenters. The molecule has 0 spiro atoms. The van der Waals surface area contributed by atoms with Crippen molar-refractivity contribution in [3.63, 3.8) is 0 Å². The number of nitrogens with zero attached hydrogens (tertiary/aromatic N) is 2. The number of aromatic nitrogens is 2. The van der Waals surface area contributed by atoms with Gasteiger partial charge < -0.3 is 9.63 Å². The number of hydrogen-bond donors (Lipinski definition) is 1. The fourth-order valence-electron chi connectivity index (χ4n) is 3.04. The third-order valence-electron chi connectivity index (χ3n) is 4.17. The lowest BCUT2D eigenvalue weighted by molar-refractivity contribution is -0.137. The average molecular weight is 280 g/mol. The zero-order valence-electron chi connectivity index (χ0n) is 12.2. The number of carboxylic acid groups (broad SMARTS) is 1.